The molecule has 0 N–H and O–H groups in total. The van der Waals surface area contributed by atoms with E-state index in [9.17, 15) is 9.65 Å². The number of rotatable bonds is 6. The van der Waals surface area contributed by atoms with Crippen molar-refractivity contribution < 1.29 is 9.13 Å². The summed E-state index contributed by atoms with van der Waals surface area (Å²) in [7, 11) is 1.63. The highest BCUT2D eigenvalue weighted by atomic mass is 32.1. The van der Waals surface area contributed by atoms with E-state index in [1.165, 1.54) is 23.5 Å². The van der Waals surface area contributed by atoms with Crippen LogP contribution in [-0.4, -0.2) is 21.9 Å². The number of thiazole rings is 1. The second-order valence-electron chi connectivity index (χ2n) is 7.66. The minimum atomic E-state index is -0.302. The van der Waals surface area contributed by atoms with Gasteiger partial charge in [0, 0.05) is 28.3 Å². The fourth-order valence-electron chi connectivity index (χ4n) is 3.63. The van der Waals surface area contributed by atoms with Gasteiger partial charge >= 0.3 is 0 Å². The Morgan fingerprint density at radius 3 is 2.40 bits per heavy atom. The SMILES string of the molecule is COc1ccc(-c2nn(-c3ccccc3)cc2C=C(C#N)c2nc(-c3ccc(F)cc3)cs2)cc1. The molecule has 170 valence electrons. The third-order valence-electron chi connectivity index (χ3n) is 5.42. The molecule has 35 heavy (non-hydrogen) atoms. The molecule has 0 unspecified atom stereocenters. The summed E-state index contributed by atoms with van der Waals surface area (Å²) in [5, 5.41) is 17.2. The summed E-state index contributed by atoms with van der Waals surface area (Å²) < 4.78 is 20.4. The van der Waals surface area contributed by atoms with Gasteiger partial charge in [-0.05, 0) is 66.7 Å². The Bertz CT molecular complexity index is 1530. The van der Waals surface area contributed by atoms with Crippen molar-refractivity contribution in [2.24, 2.45) is 0 Å². The van der Waals surface area contributed by atoms with Gasteiger partial charge < -0.3 is 4.74 Å². The predicted molar refractivity (Wildman–Crippen MR) is 137 cm³/mol. The first-order valence-corrected chi connectivity index (χ1v) is 11.7. The Hall–Kier alpha value is -4.54. The maximum Gasteiger partial charge on any atom is 0.134 e. The molecule has 0 radical (unpaired) electrons. The van der Waals surface area contributed by atoms with Crippen LogP contribution in [0.4, 0.5) is 4.39 Å². The zero-order valence-corrected chi connectivity index (χ0v) is 19.5. The molecule has 5 nitrogen and oxygen atoms in total. The molecule has 0 amide bonds. The molecule has 0 atom stereocenters. The number of hydrogen-bond acceptors (Lipinski definition) is 5. The lowest BCUT2D eigenvalue weighted by Crippen LogP contribution is -1.94. The van der Waals surface area contributed by atoms with E-state index in [1.807, 2.05) is 66.2 Å². The lowest BCUT2D eigenvalue weighted by Gasteiger charge is -2.03. The molecule has 2 heterocycles. The van der Waals surface area contributed by atoms with Crippen molar-refractivity contribution in [2.45, 2.75) is 0 Å². The average molecular weight is 479 g/mol. The molecular formula is C28H19FN4OS. The molecule has 0 aliphatic carbocycles. The molecule has 7 heteroatoms. The highest BCUT2D eigenvalue weighted by molar-refractivity contribution is 7.11. The molecule has 0 aliphatic rings. The van der Waals surface area contributed by atoms with Crippen LogP contribution in [0.15, 0.2) is 90.4 Å². The van der Waals surface area contributed by atoms with Crippen LogP contribution >= 0.6 is 11.3 Å². The molecule has 0 saturated heterocycles. The standard InChI is InChI=1S/C28H19FN4OS/c1-34-25-13-9-20(10-14-25)27-22(17-33(32-27)24-5-3-2-4-6-24)15-21(16-30)28-31-26(18-35-28)19-7-11-23(29)12-8-19/h2-15,17-18H,1H3. The van der Waals surface area contributed by atoms with Gasteiger partial charge in [-0.25, -0.2) is 14.1 Å². The zero-order chi connectivity index (χ0) is 24.2. The third-order valence-corrected chi connectivity index (χ3v) is 6.30. The Labute approximate surface area is 206 Å². The van der Waals surface area contributed by atoms with Crippen molar-refractivity contribution >= 4 is 23.0 Å². The van der Waals surface area contributed by atoms with Crippen LogP contribution in [0.3, 0.4) is 0 Å². The highest BCUT2D eigenvalue weighted by Crippen LogP contribution is 2.31. The first-order chi connectivity index (χ1) is 17.1. The van der Waals surface area contributed by atoms with Crippen molar-refractivity contribution in [2.75, 3.05) is 7.11 Å². The van der Waals surface area contributed by atoms with Crippen molar-refractivity contribution in [3.63, 3.8) is 0 Å². The van der Waals surface area contributed by atoms with Gasteiger partial charge in [0.25, 0.3) is 0 Å². The molecule has 0 bridgehead atoms. The molecule has 0 aliphatic heterocycles. The van der Waals surface area contributed by atoms with Crippen molar-refractivity contribution in [3.05, 3.63) is 107 Å². The second kappa shape index (κ2) is 9.75. The van der Waals surface area contributed by atoms with E-state index < -0.39 is 0 Å². The number of allylic oxidation sites excluding steroid dienone is 1. The summed E-state index contributed by atoms with van der Waals surface area (Å²) in [4.78, 5) is 4.63. The van der Waals surface area contributed by atoms with Crippen molar-refractivity contribution in [3.8, 4) is 40.0 Å². The van der Waals surface area contributed by atoms with Crippen LogP contribution in [0, 0.1) is 17.1 Å². The van der Waals surface area contributed by atoms with Crippen LogP contribution in [-0.2, 0) is 0 Å². The average Bonchev–Trinajstić information content (AvgIpc) is 3.56. The van der Waals surface area contributed by atoms with E-state index >= 15 is 0 Å². The van der Waals surface area contributed by atoms with Crippen molar-refractivity contribution in [1.82, 2.24) is 14.8 Å². The van der Waals surface area contributed by atoms with E-state index in [0.717, 1.165) is 33.8 Å². The first kappa shape index (κ1) is 22.3. The van der Waals surface area contributed by atoms with Gasteiger partial charge in [0.15, 0.2) is 0 Å². The highest BCUT2D eigenvalue weighted by Gasteiger charge is 2.15. The molecule has 5 aromatic rings. The maximum absolute atomic E-state index is 13.3. The normalized spacial score (nSPS) is 11.3. The quantitative estimate of drug-likeness (QED) is 0.250. The number of nitrogens with zero attached hydrogens (tertiary/aromatic N) is 4. The van der Waals surface area contributed by atoms with E-state index in [4.69, 9.17) is 9.84 Å². The summed E-state index contributed by atoms with van der Waals surface area (Å²) in [5.74, 6) is 0.449. The minimum absolute atomic E-state index is 0.302. The summed E-state index contributed by atoms with van der Waals surface area (Å²) >= 11 is 1.37. The minimum Gasteiger partial charge on any atom is -0.497 e. The van der Waals surface area contributed by atoms with Crippen molar-refractivity contribution in [1.29, 1.82) is 5.26 Å². The number of methoxy groups -OCH3 is 1. The summed E-state index contributed by atoms with van der Waals surface area (Å²) in [5.41, 5.74) is 5.24. The Kier molecular flexibility index (Phi) is 6.20. The Morgan fingerprint density at radius 2 is 1.71 bits per heavy atom. The third kappa shape index (κ3) is 4.74. The predicted octanol–water partition coefficient (Wildman–Crippen LogP) is 6.87. The molecule has 0 saturated carbocycles. The van der Waals surface area contributed by atoms with E-state index in [-0.39, 0.29) is 5.82 Å². The van der Waals surface area contributed by atoms with Crippen LogP contribution in [0.2, 0.25) is 0 Å². The van der Waals surface area contributed by atoms with Gasteiger partial charge in [0.05, 0.1) is 29.8 Å². The maximum atomic E-state index is 13.3. The number of halogens is 1. The van der Waals surface area contributed by atoms with Gasteiger partial charge in [0.1, 0.15) is 22.6 Å². The number of nitriles is 1. The molecule has 0 spiro atoms. The summed E-state index contributed by atoms with van der Waals surface area (Å²) in [6, 6.07) is 25.9. The van der Waals surface area contributed by atoms with Gasteiger partial charge in [-0.15, -0.1) is 11.3 Å². The van der Waals surface area contributed by atoms with E-state index in [1.54, 1.807) is 30.0 Å². The largest absolute Gasteiger partial charge is 0.497 e. The van der Waals surface area contributed by atoms with Gasteiger partial charge in [-0.1, -0.05) is 18.2 Å². The molecule has 0 fully saturated rings. The van der Waals surface area contributed by atoms with Gasteiger partial charge in [0.2, 0.25) is 0 Å². The Morgan fingerprint density at radius 1 is 1.00 bits per heavy atom. The van der Waals surface area contributed by atoms with Crippen LogP contribution in [0.25, 0.3) is 39.9 Å². The fourth-order valence-corrected chi connectivity index (χ4v) is 4.42. The molecule has 5 rings (SSSR count). The number of hydrogen-bond donors (Lipinski definition) is 0. The molecule has 2 aromatic heterocycles. The first-order valence-electron chi connectivity index (χ1n) is 10.8. The van der Waals surface area contributed by atoms with Gasteiger partial charge in [-0.2, -0.15) is 10.4 Å². The topological polar surface area (TPSA) is 63.7 Å². The monoisotopic (exact) mass is 478 g/mol. The Balaban J connectivity index is 1.58. The van der Waals surface area contributed by atoms with Crippen LogP contribution in [0.5, 0.6) is 5.75 Å². The fraction of sp³-hybridized carbons (Fsp3) is 0.0357. The second-order valence-corrected chi connectivity index (χ2v) is 8.51. The lowest BCUT2D eigenvalue weighted by molar-refractivity contribution is 0.415. The van der Waals surface area contributed by atoms with Crippen LogP contribution < -0.4 is 4.74 Å². The molecule has 3 aromatic carbocycles. The molecular weight excluding hydrogens is 459 g/mol. The smallest absolute Gasteiger partial charge is 0.134 e. The lowest BCUT2D eigenvalue weighted by atomic mass is 10.1. The number of aromatic nitrogens is 3. The van der Waals surface area contributed by atoms with Gasteiger partial charge in [-0.3, -0.25) is 0 Å². The summed E-state index contributed by atoms with van der Waals surface area (Å²) in [6.45, 7) is 0. The number of benzene rings is 3. The summed E-state index contributed by atoms with van der Waals surface area (Å²) in [6.07, 6.45) is 3.71. The van der Waals surface area contributed by atoms with Crippen LogP contribution in [0.1, 0.15) is 10.6 Å². The number of para-hydroxylation sites is 1. The number of ether oxygens (including phenoxy) is 1. The zero-order valence-electron chi connectivity index (χ0n) is 18.7. The van der Waals surface area contributed by atoms with E-state index in [2.05, 4.69) is 11.1 Å². The van der Waals surface area contributed by atoms with E-state index in [0.29, 0.717) is 16.3 Å².